The van der Waals surface area contributed by atoms with E-state index in [0.717, 1.165) is 44.1 Å². The van der Waals surface area contributed by atoms with Crippen molar-refractivity contribution in [2.75, 3.05) is 60.4 Å². The largest absolute Gasteiger partial charge is 0.457 e. The van der Waals surface area contributed by atoms with Crippen LogP contribution in [0.5, 0.6) is 11.5 Å². The van der Waals surface area contributed by atoms with Crippen molar-refractivity contribution in [2.45, 2.75) is 122 Å². The van der Waals surface area contributed by atoms with Crippen molar-refractivity contribution in [2.24, 2.45) is 28.4 Å². The van der Waals surface area contributed by atoms with E-state index < -0.39 is 45.2 Å². The second-order valence-electron chi connectivity index (χ2n) is 18.2. The molecule has 0 radical (unpaired) electrons. The molecule has 5 rings (SSSR count). The van der Waals surface area contributed by atoms with E-state index in [1.807, 2.05) is 44.2 Å². The Labute approximate surface area is 390 Å². The van der Waals surface area contributed by atoms with Crippen LogP contribution in [0.1, 0.15) is 92.1 Å². The fourth-order valence-corrected chi connectivity index (χ4v) is 9.02. The number of benzene rings is 2. The lowest BCUT2D eigenvalue weighted by Crippen LogP contribution is -2.52. The number of carbonyl (C=O) groups is 3. The molecule has 2 aromatic rings. The summed E-state index contributed by atoms with van der Waals surface area (Å²) in [5.74, 6) is 1.47. The highest BCUT2D eigenvalue weighted by Gasteiger charge is 2.44. The Morgan fingerprint density at radius 2 is 1.62 bits per heavy atom. The number of unbranched alkanes of at least 4 members (excludes halogenated alkanes) is 2. The molecule has 3 aliphatic rings. The quantitative estimate of drug-likeness (QED) is 0.0552. The molecule has 5 atom stereocenters. The summed E-state index contributed by atoms with van der Waals surface area (Å²) in [5, 5.41) is 17.2. The first-order valence-electron chi connectivity index (χ1n) is 22.3. The molecule has 19 heteroatoms. The van der Waals surface area contributed by atoms with Crippen LogP contribution in [0.4, 0.5) is 14.4 Å². The third kappa shape index (κ3) is 18.7. The van der Waals surface area contributed by atoms with Crippen molar-refractivity contribution in [1.82, 2.24) is 14.9 Å². The average molecular weight is 958 g/mol. The highest BCUT2D eigenvalue weighted by atomic mass is 35.5. The molecule has 0 saturated carbocycles. The first kappa shape index (κ1) is 55.4. The predicted octanol–water partition coefficient (Wildman–Crippen LogP) is 7.21. The maximum atomic E-state index is 14.2. The summed E-state index contributed by atoms with van der Waals surface area (Å²) < 4.78 is 65.7. The monoisotopic (exact) mass is 956 g/mol. The Bertz CT molecular complexity index is 1870. The molecule has 17 nitrogen and oxygen atoms in total. The summed E-state index contributed by atoms with van der Waals surface area (Å²) in [7, 11) is -1.50. The number of halogens is 1. The molecule has 2 amide bonds. The molecule has 0 spiro atoms. The van der Waals surface area contributed by atoms with Gasteiger partial charge in [-0.15, -0.1) is 0 Å². The number of ether oxygens (including phenoxy) is 7. The van der Waals surface area contributed by atoms with Crippen LogP contribution < -0.4 is 25.8 Å². The first-order chi connectivity index (χ1) is 30.7. The molecule has 5 N–H and O–H groups in total. The van der Waals surface area contributed by atoms with E-state index in [0.29, 0.717) is 42.5 Å². The molecule has 3 aliphatic heterocycles. The van der Waals surface area contributed by atoms with Gasteiger partial charge < -0.3 is 54.6 Å². The van der Waals surface area contributed by atoms with Crippen molar-refractivity contribution < 1.29 is 61.1 Å². The Morgan fingerprint density at radius 3 is 2.26 bits per heavy atom. The third-order valence-corrected chi connectivity index (χ3v) is 14.0. The summed E-state index contributed by atoms with van der Waals surface area (Å²) in [6.45, 7) is 15.0. The minimum Gasteiger partial charge on any atom is -0.457 e. The maximum absolute atomic E-state index is 14.2. The van der Waals surface area contributed by atoms with E-state index in [9.17, 15) is 27.9 Å². The van der Waals surface area contributed by atoms with E-state index in [-0.39, 0.29) is 56.1 Å². The van der Waals surface area contributed by atoms with Gasteiger partial charge in [0.1, 0.15) is 6.10 Å². The number of alkyl carbamates (subject to hydrolysis) is 2. The molecule has 65 heavy (non-hydrogen) atoms. The number of aliphatic hydroxyl groups excluding tert-OH is 1. The van der Waals surface area contributed by atoms with Crippen molar-refractivity contribution in [3.05, 3.63) is 54.1 Å². The predicted molar refractivity (Wildman–Crippen MR) is 246 cm³/mol. The second kappa shape index (κ2) is 27.0. The molecule has 0 aliphatic carbocycles. The van der Waals surface area contributed by atoms with Gasteiger partial charge in [-0.25, -0.2) is 22.8 Å². The number of rotatable bonds is 21. The number of fused-ring (bicyclic) bond motifs is 2. The summed E-state index contributed by atoms with van der Waals surface area (Å²) in [6.07, 6.45) is 3.59. The topological polar surface area (TPSA) is 224 Å². The minimum absolute atomic E-state index is 0.0137. The van der Waals surface area contributed by atoms with Gasteiger partial charge in [0.25, 0.3) is 0 Å². The summed E-state index contributed by atoms with van der Waals surface area (Å²) in [6, 6.07) is 13.0. The number of nitrogens with two attached hydrogens (primary N) is 1. The number of hydrogen-bond donors (Lipinski definition) is 4. The van der Waals surface area contributed by atoms with Crippen LogP contribution in [0.25, 0.3) is 0 Å². The van der Waals surface area contributed by atoms with Gasteiger partial charge >= 0.3 is 17.6 Å². The van der Waals surface area contributed by atoms with E-state index in [1.54, 1.807) is 6.07 Å². The van der Waals surface area contributed by atoms with Gasteiger partial charge in [-0.05, 0) is 79.5 Å². The zero-order chi connectivity index (χ0) is 48.2. The average Bonchev–Trinajstić information content (AvgIpc) is 4.03. The fourth-order valence-electron chi connectivity index (χ4n) is 7.35. The molecule has 2 saturated heterocycles. The molecule has 0 aromatic heterocycles. The first-order valence-corrected chi connectivity index (χ1v) is 24.1. The van der Waals surface area contributed by atoms with Crippen LogP contribution in [0.3, 0.4) is 0 Å². The number of nitrogens with zero attached hydrogens (tertiary/aromatic N) is 1. The van der Waals surface area contributed by atoms with Gasteiger partial charge in [-0.2, -0.15) is 4.31 Å². The lowest BCUT2D eigenvalue weighted by atomic mass is 9.77. The Balaban J connectivity index is 0.000000468. The smallest absolute Gasteiger partial charge is 0.407 e. The van der Waals surface area contributed by atoms with Crippen molar-refractivity contribution in [3.8, 4) is 11.5 Å². The standard InChI is InChI=1S/C32H45N3O9S.C12H25NO2.C2H3ClO2/c1-32(2,13-6-7-14-33)20-35(45(38,39)23-10-11-27-28(17-23)43-21-42-27)18-26(36)25(16-22-8-4-3-5-9-22)34-31(37)44-29-19-41-30-24(29)12-15-40-30;1-10(2)12(3,4)8-6-7-9-13-11(14)15-5;1-5-2(3)4/h3-5,8-11,17,24-26,29-30,36H,6-7,12-16,18-21,33H2,1-2H3,(H,34,37);10H,6-9H2,1-5H3,(H,13,14);1H3/t24-,25-,26+,29-,30+;;/m0../s1. The molecule has 0 unspecified atom stereocenters. The van der Waals surface area contributed by atoms with Gasteiger partial charge in [-0.1, -0.05) is 84.7 Å². The Morgan fingerprint density at radius 1 is 0.938 bits per heavy atom. The lowest BCUT2D eigenvalue weighted by Gasteiger charge is -2.35. The zero-order valence-electron chi connectivity index (χ0n) is 39.3. The van der Waals surface area contributed by atoms with Crippen LogP contribution in [0.2, 0.25) is 0 Å². The molecule has 2 aromatic carbocycles. The van der Waals surface area contributed by atoms with Crippen molar-refractivity contribution in [3.63, 3.8) is 0 Å². The summed E-state index contributed by atoms with van der Waals surface area (Å²) in [4.78, 5) is 33.3. The maximum Gasteiger partial charge on any atom is 0.407 e. The second-order valence-corrected chi connectivity index (χ2v) is 20.4. The SMILES string of the molecule is CC(C)(CCCCN)CN(C[C@@H](O)[C@H](Cc1ccccc1)NC(=O)O[C@H]1CO[C@H]2OCC[C@H]21)S(=O)(=O)c1ccc2c(c1)OCO2.COC(=O)Cl.COC(=O)NCCCCC(C)(C)C(C)C. The number of aliphatic hydroxyl groups is 1. The van der Waals surface area contributed by atoms with Crippen LogP contribution in [-0.2, 0) is 40.1 Å². The van der Waals surface area contributed by atoms with Gasteiger partial charge in [0, 0.05) is 37.3 Å². The molecule has 368 valence electrons. The fraction of sp³-hybridized carbons (Fsp3) is 0.674. The summed E-state index contributed by atoms with van der Waals surface area (Å²) in [5.41, 5.74) is 5.76. The number of carbonyl (C=O) groups excluding carboxylic acids is 3. The molecule has 2 fully saturated rings. The van der Waals surface area contributed by atoms with E-state index in [1.165, 1.54) is 37.1 Å². The summed E-state index contributed by atoms with van der Waals surface area (Å²) >= 11 is 4.60. The number of sulfonamides is 1. The van der Waals surface area contributed by atoms with Crippen molar-refractivity contribution in [1.29, 1.82) is 0 Å². The van der Waals surface area contributed by atoms with E-state index in [4.69, 9.17) is 29.4 Å². The molecule has 0 bridgehead atoms. The third-order valence-electron chi connectivity index (χ3n) is 12.0. The van der Waals surface area contributed by atoms with Gasteiger partial charge in [0.15, 0.2) is 17.8 Å². The molecule has 3 heterocycles. The van der Waals surface area contributed by atoms with E-state index in [2.05, 4.69) is 59.4 Å². The number of hydrogen-bond acceptors (Lipinski definition) is 14. The number of nitrogens with one attached hydrogen (secondary N) is 2. The molecular weight excluding hydrogens is 884 g/mol. The lowest BCUT2D eigenvalue weighted by molar-refractivity contribution is -0.0907. The van der Waals surface area contributed by atoms with Crippen LogP contribution in [0, 0.1) is 22.7 Å². The Hall–Kier alpha value is -3.91. The zero-order valence-corrected chi connectivity index (χ0v) is 40.9. The number of amides is 2. The van der Waals surface area contributed by atoms with Crippen molar-refractivity contribution >= 4 is 39.2 Å². The van der Waals surface area contributed by atoms with Crippen LogP contribution >= 0.6 is 11.6 Å². The van der Waals surface area contributed by atoms with Crippen LogP contribution in [-0.4, -0.2) is 120 Å². The molecular formula is C46H73ClN4O13S. The minimum atomic E-state index is -4.11. The van der Waals surface area contributed by atoms with Gasteiger partial charge in [0.2, 0.25) is 16.8 Å². The highest BCUT2D eigenvalue weighted by Crippen LogP contribution is 2.37. The Kier molecular flexibility index (Phi) is 23.1. The highest BCUT2D eigenvalue weighted by molar-refractivity contribution is 7.89. The number of methoxy groups -OCH3 is 2. The van der Waals surface area contributed by atoms with Gasteiger partial charge in [0.05, 0.1) is 50.4 Å². The van der Waals surface area contributed by atoms with Gasteiger partial charge in [-0.3, -0.25) is 0 Å². The van der Waals surface area contributed by atoms with E-state index >= 15 is 0 Å². The normalized spacial score (nSPS) is 18.6. The van der Waals surface area contributed by atoms with Crippen LogP contribution in [0.15, 0.2) is 53.4 Å².